The molecule has 2 heterocycles. The number of benzene rings is 3. The number of carbonyl (C=O) groups is 2. The molecule has 1 unspecified atom stereocenters. The molecule has 0 aliphatic carbocycles. The molecular weight excluding hydrogens is 549 g/mol. The number of thioether (sulfide) groups is 1. The maximum absolute atomic E-state index is 14.1. The van der Waals surface area contributed by atoms with Gasteiger partial charge in [-0.25, -0.2) is 4.39 Å². The molecule has 7 nitrogen and oxygen atoms in total. The molecule has 1 aliphatic rings. The molecule has 0 spiro atoms. The third kappa shape index (κ3) is 5.54. The third-order valence-electron chi connectivity index (χ3n) is 6.22. The summed E-state index contributed by atoms with van der Waals surface area (Å²) in [6.07, 6.45) is 1.61. The van der Waals surface area contributed by atoms with Gasteiger partial charge in [-0.2, -0.15) is 0 Å². The number of anilines is 1. The van der Waals surface area contributed by atoms with E-state index in [2.05, 4.69) is 16.8 Å². The number of Topliss-reactive ketones (excluding diaryl/α,β-unsaturated/α-hetero) is 1. The van der Waals surface area contributed by atoms with Gasteiger partial charge < -0.3 is 9.84 Å². The zero-order valence-electron chi connectivity index (χ0n) is 21.4. The second kappa shape index (κ2) is 11.8. The first-order valence-electron chi connectivity index (χ1n) is 12.3. The fourth-order valence-corrected chi connectivity index (χ4v) is 6.11. The lowest BCUT2D eigenvalue weighted by Gasteiger charge is -2.23. The molecule has 0 saturated carbocycles. The zero-order valence-corrected chi connectivity index (χ0v) is 23.0. The van der Waals surface area contributed by atoms with E-state index < -0.39 is 17.7 Å². The van der Waals surface area contributed by atoms with Gasteiger partial charge in [-0.05, 0) is 36.2 Å². The summed E-state index contributed by atoms with van der Waals surface area (Å²) >= 11 is 2.39. The molecule has 1 aliphatic heterocycles. The molecule has 1 fully saturated rings. The number of carbonyl (C=O) groups excluding carboxylic acids is 2. The highest BCUT2D eigenvalue weighted by Crippen LogP contribution is 2.44. The monoisotopic (exact) mass is 573 g/mol. The van der Waals surface area contributed by atoms with Gasteiger partial charge in [-0.15, -0.1) is 10.2 Å². The second-order valence-electron chi connectivity index (χ2n) is 8.94. The van der Waals surface area contributed by atoms with E-state index in [0.717, 1.165) is 16.9 Å². The Hall–Kier alpha value is -4.28. The standard InChI is InChI=1S/C30H24FN3O4S2/c1-3-15-38-22-9-6-8-20(16-22)25-24(26(35)19-13-11-18(2)12-14-19)27(36)28(37)34(25)29-32-33-30(40-29)39-17-21-7-4-5-10-23(21)31/h3-14,16,25,35H,1,15,17H2,2H3/b26-24+. The number of hydrogen-bond donors (Lipinski definition) is 1. The summed E-state index contributed by atoms with van der Waals surface area (Å²) in [4.78, 5) is 28.1. The number of hydrogen-bond acceptors (Lipinski definition) is 8. The molecule has 0 bridgehead atoms. The fraction of sp³-hybridized carbons (Fsp3) is 0.133. The highest BCUT2D eigenvalue weighted by atomic mass is 32.2. The van der Waals surface area contributed by atoms with Gasteiger partial charge in [-0.1, -0.05) is 95.9 Å². The molecule has 1 amide bonds. The number of ether oxygens (including phenoxy) is 1. The quantitative estimate of drug-likeness (QED) is 0.0613. The molecule has 1 aromatic heterocycles. The Labute approximate surface area is 238 Å². The first kappa shape index (κ1) is 27.3. The Kier molecular flexibility index (Phi) is 8.09. The Bertz CT molecular complexity index is 1620. The minimum atomic E-state index is -0.981. The molecule has 5 rings (SSSR count). The number of aryl methyl sites for hydroxylation is 1. The van der Waals surface area contributed by atoms with Gasteiger partial charge in [0, 0.05) is 11.3 Å². The van der Waals surface area contributed by atoms with Gasteiger partial charge in [0.05, 0.1) is 11.6 Å². The van der Waals surface area contributed by atoms with Crippen LogP contribution in [0, 0.1) is 12.7 Å². The van der Waals surface area contributed by atoms with Crippen LogP contribution in [0.2, 0.25) is 0 Å². The molecule has 0 radical (unpaired) electrons. The molecule has 1 atom stereocenters. The minimum absolute atomic E-state index is 0.0644. The maximum atomic E-state index is 14.1. The molecule has 3 aromatic carbocycles. The van der Waals surface area contributed by atoms with E-state index in [-0.39, 0.29) is 28.9 Å². The lowest BCUT2D eigenvalue weighted by Crippen LogP contribution is -2.29. The van der Waals surface area contributed by atoms with Gasteiger partial charge in [0.25, 0.3) is 5.78 Å². The highest BCUT2D eigenvalue weighted by Gasteiger charge is 2.48. The highest BCUT2D eigenvalue weighted by molar-refractivity contribution is 8.00. The van der Waals surface area contributed by atoms with Crippen molar-refractivity contribution in [3.05, 3.63) is 119 Å². The summed E-state index contributed by atoms with van der Waals surface area (Å²) in [5.74, 6) is -1.45. The van der Waals surface area contributed by atoms with Crippen LogP contribution >= 0.6 is 23.1 Å². The predicted octanol–water partition coefficient (Wildman–Crippen LogP) is 6.47. The van der Waals surface area contributed by atoms with Crippen molar-refractivity contribution < 1.29 is 23.8 Å². The van der Waals surface area contributed by atoms with Gasteiger partial charge in [-0.3, -0.25) is 14.5 Å². The summed E-state index contributed by atoms with van der Waals surface area (Å²) in [7, 11) is 0. The predicted molar refractivity (Wildman–Crippen MR) is 154 cm³/mol. The van der Waals surface area contributed by atoms with E-state index in [4.69, 9.17) is 4.74 Å². The molecular formula is C30H24FN3O4S2. The van der Waals surface area contributed by atoms with Crippen LogP contribution < -0.4 is 9.64 Å². The Morgan fingerprint density at radius 3 is 2.65 bits per heavy atom. The number of aliphatic hydroxyl groups excluding tert-OH is 1. The smallest absolute Gasteiger partial charge is 0.301 e. The van der Waals surface area contributed by atoms with Gasteiger partial charge in [0.15, 0.2) is 4.34 Å². The molecule has 4 aromatic rings. The van der Waals surface area contributed by atoms with E-state index in [1.165, 1.54) is 22.7 Å². The summed E-state index contributed by atoms with van der Waals surface area (Å²) in [6.45, 7) is 5.85. The summed E-state index contributed by atoms with van der Waals surface area (Å²) in [5.41, 5.74) is 2.38. The van der Waals surface area contributed by atoms with Crippen LogP contribution in [0.15, 0.2) is 95.4 Å². The van der Waals surface area contributed by atoms with Crippen molar-refractivity contribution in [1.82, 2.24) is 10.2 Å². The lowest BCUT2D eigenvalue weighted by atomic mass is 9.95. The largest absolute Gasteiger partial charge is 0.507 e. The normalized spacial score (nSPS) is 16.4. The Morgan fingerprint density at radius 1 is 1.12 bits per heavy atom. The summed E-state index contributed by atoms with van der Waals surface area (Å²) < 4.78 is 20.3. The minimum Gasteiger partial charge on any atom is -0.507 e. The summed E-state index contributed by atoms with van der Waals surface area (Å²) in [6, 6.07) is 19.5. The zero-order chi connectivity index (χ0) is 28.2. The average Bonchev–Trinajstić information content (AvgIpc) is 3.53. The molecule has 1 saturated heterocycles. The van der Waals surface area contributed by atoms with Crippen LogP contribution in [-0.4, -0.2) is 33.6 Å². The van der Waals surface area contributed by atoms with Crippen LogP contribution in [0.3, 0.4) is 0 Å². The first-order chi connectivity index (χ1) is 19.4. The van der Waals surface area contributed by atoms with Crippen molar-refractivity contribution in [2.24, 2.45) is 0 Å². The number of aromatic nitrogens is 2. The first-order valence-corrected chi connectivity index (χ1v) is 14.1. The number of aliphatic hydroxyl groups is 1. The maximum Gasteiger partial charge on any atom is 0.301 e. The lowest BCUT2D eigenvalue weighted by molar-refractivity contribution is -0.132. The van der Waals surface area contributed by atoms with Crippen molar-refractivity contribution in [1.29, 1.82) is 0 Å². The van der Waals surface area contributed by atoms with Gasteiger partial charge >= 0.3 is 5.91 Å². The molecule has 40 heavy (non-hydrogen) atoms. The van der Waals surface area contributed by atoms with Crippen LogP contribution in [0.5, 0.6) is 5.75 Å². The topological polar surface area (TPSA) is 92.6 Å². The van der Waals surface area contributed by atoms with Crippen LogP contribution in [-0.2, 0) is 15.3 Å². The second-order valence-corrected chi connectivity index (χ2v) is 11.1. The van der Waals surface area contributed by atoms with Crippen molar-refractivity contribution in [3.63, 3.8) is 0 Å². The fourth-order valence-electron chi connectivity index (χ4n) is 4.25. The van der Waals surface area contributed by atoms with Crippen molar-refractivity contribution >= 4 is 45.7 Å². The van der Waals surface area contributed by atoms with E-state index >= 15 is 0 Å². The number of nitrogens with zero attached hydrogens (tertiary/aromatic N) is 3. The average molecular weight is 574 g/mol. The van der Waals surface area contributed by atoms with Crippen LogP contribution in [0.1, 0.15) is 28.3 Å². The van der Waals surface area contributed by atoms with Crippen molar-refractivity contribution in [2.75, 3.05) is 11.5 Å². The number of ketones is 1. The molecule has 1 N–H and O–H groups in total. The number of amides is 1. The Morgan fingerprint density at radius 2 is 1.90 bits per heavy atom. The molecule has 10 heteroatoms. The number of halogens is 1. The summed E-state index contributed by atoms with van der Waals surface area (Å²) in [5, 5.41) is 19.9. The number of rotatable bonds is 9. The van der Waals surface area contributed by atoms with E-state index in [0.29, 0.717) is 32.5 Å². The van der Waals surface area contributed by atoms with E-state index in [1.54, 1.807) is 60.7 Å². The SMILES string of the molecule is C=CCOc1cccc(C2/C(=C(\O)c3ccc(C)cc3)C(=O)C(=O)N2c2nnc(SCc3ccccc3F)s2)c1. The third-order valence-corrected chi connectivity index (χ3v) is 8.33. The molecule has 202 valence electrons. The van der Waals surface area contributed by atoms with Crippen molar-refractivity contribution in [2.45, 2.75) is 23.1 Å². The van der Waals surface area contributed by atoms with Gasteiger partial charge in [0.2, 0.25) is 5.13 Å². The van der Waals surface area contributed by atoms with E-state index in [1.807, 2.05) is 19.1 Å². The van der Waals surface area contributed by atoms with E-state index in [9.17, 15) is 19.1 Å². The van der Waals surface area contributed by atoms with Crippen LogP contribution in [0.25, 0.3) is 5.76 Å². The van der Waals surface area contributed by atoms with Gasteiger partial charge in [0.1, 0.15) is 23.9 Å². The Balaban J connectivity index is 1.56. The van der Waals surface area contributed by atoms with Crippen LogP contribution in [0.4, 0.5) is 9.52 Å². The van der Waals surface area contributed by atoms with Crippen molar-refractivity contribution in [3.8, 4) is 5.75 Å².